The molecule has 0 unspecified atom stereocenters. The zero-order valence-corrected chi connectivity index (χ0v) is 9.75. The zero-order chi connectivity index (χ0) is 14.0. The van der Waals surface area contributed by atoms with Crippen LogP contribution in [0.4, 0.5) is 10.1 Å². The van der Waals surface area contributed by atoms with Gasteiger partial charge in [0.25, 0.3) is 5.69 Å². The number of hydrogen-bond acceptors (Lipinski definition) is 5. The Kier molecular flexibility index (Phi) is 3.28. The quantitative estimate of drug-likeness (QED) is 0.482. The third-order valence-electron chi connectivity index (χ3n) is 2.48. The smallest absolute Gasteiger partial charge is 0.284 e. The lowest BCUT2D eigenvalue weighted by Crippen LogP contribution is -1.96. The first-order chi connectivity index (χ1) is 9.06. The average molecular weight is 265 g/mol. The number of carbonyl (C=O) groups excluding carboxylic acids is 1. The van der Waals surface area contributed by atoms with E-state index in [1.165, 1.54) is 19.2 Å². The minimum atomic E-state index is -0.757. The lowest BCUT2D eigenvalue weighted by Gasteiger charge is -2.05. The van der Waals surface area contributed by atoms with Gasteiger partial charge in [-0.3, -0.25) is 14.9 Å². The maximum Gasteiger partial charge on any atom is 0.284 e. The Hall–Kier alpha value is -2.70. The van der Waals surface area contributed by atoms with Crippen LogP contribution in [0.1, 0.15) is 10.6 Å². The first-order valence-corrected chi connectivity index (χ1v) is 5.14. The van der Waals surface area contributed by atoms with E-state index < -0.39 is 10.7 Å². The molecule has 6 nitrogen and oxygen atoms in total. The van der Waals surface area contributed by atoms with Crippen LogP contribution in [-0.2, 0) is 0 Å². The molecule has 0 bridgehead atoms. The Bertz CT molecular complexity index is 650. The zero-order valence-electron chi connectivity index (χ0n) is 9.75. The number of ether oxygens (including phenoxy) is 1. The van der Waals surface area contributed by atoms with Gasteiger partial charge in [-0.25, -0.2) is 4.39 Å². The van der Waals surface area contributed by atoms with Crippen LogP contribution in [-0.4, -0.2) is 18.3 Å². The highest BCUT2D eigenvalue weighted by molar-refractivity contribution is 5.76. The highest BCUT2D eigenvalue weighted by atomic mass is 19.1. The van der Waals surface area contributed by atoms with Gasteiger partial charge in [0.15, 0.2) is 23.6 Å². The first kappa shape index (κ1) is 12.7. The summed E-state index contributed by atoms with van der Waals surface area (Å²) in [6.07, 6.45) is 0.454. The number of benzene rings is 1. The number of nitro benzene ring substituents is 1. The van der Waals surface area contributed by atoms with Gasteiger partial charge < -0.3 is 9.15 Å². The number of halogens is 1. The minimum absolute atomic E-state index is 0.000485. The van der Waals surface area contributed by atoms with Gasteiger partial charge in [-0.15, -0.1) is 0 Å². The first-order valence-electron chi connectivity index (χ1n) is 5.14. The van der Waals surface area contributed by atoms with Gasteiger partial charge in [0.05, 0.1) is 23.7 Å². The summed E-state index contributed by atoms with van der Waals surface area (Å²) in [5.41, 5.74) is -0.429. The Morgan fingerprint density at radius 2 is 2.16 bits per heavy atom. The van der Waals surface area contributed by atoms with E-state index >= 15 is 0 Å². The molecule has 7 heteroatoms. The number of hydrogen-bond donors (Lipinski definition) is 0. The second-order valence-corrected chi connectivity index (χ2v) is 3.58. The fourth-order valence-corrected chi connectivity index (χ4v) is 1.61. The standard InChI is InChI=1S/C12H8FNO5/c1-18-12-5-10(14(16)17)8(4-9(12)13)11-3-2-7(6-15)19-11/h2-6H,1H3. The maximum atomic E-state index is 13.6. The number of rotatable bonds is 4. The van der Waals surface area contributed by atoms with Crippen LogP contribution < -0.4 is 4.74 Å². The molecule has 98 valence electrons. The summed E-state index contributed by atoms with van der Waals surface area (Å²) in [7, 11) is 1.21. The predicted molar refractivity (Wildman–Crippen MR) is 62.7 cm³/mol. The molecule has 1 aromatic heterocycles. The summed E-state index contributed by atoms with van der Waals surface area (Å²) in [6, 6.07) is 4.60. The maximum absolute atomic E-state index is 13.6. The van der Waals surface area contributed by atoms with E-state index in [1.807, 2.05) is 0 Å². The highest BCUT2D eigenvalue weighted by Crippen LogP contribution is 2.35. The number of aldehydes is 1. The van der Waals surface area contributed by atoms with E-state index in [2.05, 4.69) is 4.74 Å². The molecule has 2 aromatic rings. The van der Waals surface area contributed by atoms with Crippen molar-refractivity contribution in [2.24, 2.45) is 0 Å². The summed E-state index contributed by atoms with van der Waals surface area (Å²) in [4.78, 5) is 20.8. The molecule has 19 heavy (non-hydrogen) atoms. The largest absolute Gasteiger partial charge is 0.493 e. The SMILES string of the molecule is COc1cc([N+](=O)[O-])c(-c2ccc(C=O)o2)cc1F. The molecule has 0 atom stereocenters. The molecule has 2 rings (SSSR count). The van der Waals surface area contributed by atoms with Gasteiger partial charge in [-0.1, -0.05) is 0 Å². The fraction of sp³-hybridized carbons (Fsp3) is 0.0833. The lowest BCUT2D eigenvalue weighted by atomic mass is 10.1. The van der Waals surface area contributed by atoms with Crippen molar-refractivity contribution in [2.75, 3.05) is 7.11 Å². The van der Waals surface area contributed by atoms with Crippen molar-refractivity contribution < 1.29 is 23.3 Å². The van der Waals surface area contributed by atoms with Crippen molar-refractivity contribution >= 4 is 12.0 Å². The second-order valence-electron chi connectivity index (χ2n) is 3.58. The second kappa shape index (κ2) is 4.89. The average Bonchev–Trinajstić information content (AvgIpc) is 2.86. The Morgan fingerprint density at radius 1 is 1.42 bits per heavy atom. The van der Waals surface area contributed by atoms with Crippen molar-refractivity contribution in [3.63, 3.8) is 0 Å². The number of nitro groups is 1. The van der Waals surface area contributed by atoms with Crippen molar-refractivity contribution in [3.05, 3.63) is 46.0 Å². The van der Waals surface area contributed by atoms with Crippen molar-refractivity contribution in [1.82, 2.24) is 0 Å². The van der Waals surface area contributed by atoms with Crippen LogP contribution in [0.15, 0.2) is 28.7 Å². The summed E-state index contributed by atoms with van der Waals surface area (Å²) in [6.45, 7) is 0. The van der Waals surface area contributed by atoms with Gasteiger partial charge in [-0.2, -0.15) is 0 Å². The van der Waals surface area contributed by atoms with Gasteiger partial charge >= 0.3 is 0 Å². The third kappa shape index (κ3) is 2.30. The molecule has 1 aromatic carbocycles. The van der Waals surface area contributed by atoms with Gasteiger partial charge in [0.2, 0.25) is 0 Å². The van der Waals surface area contributed by atoms with Gasteiger partial charge in [0.1, 0.15) is 5.76 Å². The minimum Gasteiger partial charge on any atom is -0.493 e. The van der Waals surface area contributed by atoms with Crippen LogP contribution in [0.3, 0.4) is 0 Å². The molecular weight excluding hydrogens is 257 g/mol. The van der Waals surface area contributed by atoms with Crippen molar-refractivity contribution in [1.29, 1.82) is 0 Å². The van der Waals surface area contributed by atoms with Crippen LogP contribution in [0, 0.1) is 15.9 Å². The molecule has 0 fully saturated rings. The lowest BCUT2D eigenvalue weighted by molar-refractivity contribution is -0.384. The van der Waals surface area contributed by atoms with Crippen LogP contribution in [0.5, 0.6) is 5.75 Å². The van der Waals surface area contributed by atoms with E-state index in [0.29, 0.717) is 6.29 Å². The molecule has 0 spiro atoms. The summed E-state index contributed by atoms with van der Waals surface area (Å²) >= 11 is 0. The summed E-state index contributed by atoms with van der Waals surface area (Å²) < 4.78 is 23.4. The Labute approximate surface area is 106 Å². The third-order valence-corrected chi connectivity index (χ3v) is 2.48. The summed E-state index contributed by atoms with van der Waals surface area (Å²) in [5, 5.41) is 11.0. The molecule has 0 N–H and O–H groups in total. The van der Waals surface area contributed by atoms with Crippen molar-refractivity contribution in [2.45, 2.75) is 0 Å². The number of methoxy groups -OCH3 is 1. The highest BCUT2D eigenvalue weighted by Gasteiger charge is 2.22. The normalized spacial score (nSPS) is 10.2. The van der Waals surface area contributed by atoms with Crippen LogP contribution >= 0.6 is 0 Å². The van der Waals surface area contributed by atoms with Crippen LogP contribution in [0.2, 0.25) is 0 Å². The predicted octanol–water partition coefficient (Wildman–Crippen LogP) is 2.82. The van der Waals surface area contributed by atoms with E-state index in [0.717, 1.165) is 12.1 Å². The van der Waals surface area contributed by atoms with Gasteiger partial charge in [-0.05, 0) is 18.2 Å². The van der Waals surface area contributed by atoms with E-state index in [9.17, 15) is 19.3 Å². The Morgan fingerprint density at radius 3 is 2.68 bits per heavy atom. The Balaban J connectivity index is 2.64. The molecule has 0 amide bonds. The molecular formula is C12H8FNO5. The van der Waals surface area contributed by atoms with E-state index in [1.54, 1.807) is 0 Å². The summed E-state index contributed by atoms with van der Waals surface area (Å²) in [5.74, 6) is -0.958. The topological polar surface area (TPSA) is 82.6 Å². The molecule has 0 radical (unpaired) electrons. The molecule has 0 saturated heterocycles. The van der Waals surface area contributed by atoms with Gasteiger partial charge in [0, 0.05) is 0 Å². The van der Waals surface area contributed by atoms with Crippen molar-refractivity contribution in [3.8, 4) is 17.1 Å². The van der Waals surface area contributed by atoms with Crippen LogP contribution in [0.25, 0.3) is 11.3 Å². The molecule has 0 aliphatic rings. The molecule has 0 aliphatic carbocycles. The molecule has 1 heterocycles. The molecule has 0 aliphatic heterocycles. The monoisotopic (exact) mass is 265 g/mol. The number of carbonyl (C=O) groups is 1. The van der Waals surface area contributed by atoms with E-state index in [-0.39, 0.29) is 28.5 Å². The number of nitrogens with zero attached hydrogens (tertiary/aromatic N) is 1. The fourth-order valence-electron chi connectivity index (χ4n) is 1.61. The van der Waals surface area contributed by atoms with E-state index in [4.69, 9.17) is 4.42 Å². The number of furan rings is 1. The molecule has 0 saturated carbocycles.